The highest BCUT2D eigenvalue weighted by atomic mass is 16.5. The number of benzene rings is 2. The van der Waals surface area contributed by atoms with Crippen molar-refractivity contribution in [3.63, 3.8) is 0 Å². The van der Waals surface area contributed by atoms with Crippen LogP contribution in [0.5, 0.6) is 5.75 Å². The van der Waals surface area contributed by atoms with E-state index < -0.39 is 0 Å². The fourth-order valence-corrected chi connectivity index (χ4v) is 4.89. The number of piperazine rings is 1. The number of aliphatic hydroxyl groups excluding tert-OH is 1. The molecule has 1 aliphatic carbocycles. The van der Waals surface area contributed by atoms with Crippen LogP contribution in [0, 0.1) is 17.8 Å². The number of ether oxygens (including phenoxy) is 1. The van der Waals surface area contributed by atoms with Gasteiger partial charge in [0.2, 0.25) is 11.8 Å². The lowest BCUT2D eigenvalue weighted by molar-refractivity contribution is -0.167. The molecule has 3 atom stereocenters. The Morgan fingerprint density at radius 2 is 1.88 bits per heavy atom. The maximum Gasteiger partial charge on any atom is 0.242 e. The number of carbonyl (C=O) groups is 2. The number of rotatable bonds is 4. The van der Waals surface area contributed by atoms with Crippen molar-refractivity contribution < 1.29 is 19.4 Å². The molecule has 164 valence electrons. The minimum atomic E-state index is -0.237. The average molecular weight is 431 g/mol. The SMILES string of the molecule is COc1cccc(C#Cc2ccc([C@H]3[C@H](CO)N4C(=O)CN(C(=O)C5CC5)C[C@@H]34)cc2)c1. The molecule has 0 spiro atoms. The van der Waals surface area contributed by atoms with E-state index in [9.17, 15) is 14.7 Å². The lowest BCUT2D eigenvalue weighted by Crippen LogP contribution is -2.73. The van der Waals surface area contributed by atoms with Crippen molar-refractivity contribution >= 4 is 11.8 Å². The normalized spacial score (nSPS) is 24.2. The van der Waals surface area contributed by atoms with E-state index in [0.717, 1.165) is 35.3 Å². The third-order valence-corrected chi connectivity index (χ3v) is 6.71. The van der Waals surface area contributed by atoms with Crippen molar-refractivity contribution in [1.29, 1.82) is 0 Å². The Bertz CT molecular complexity index is 1100. The Balaban J connectivity index is 1.33. The van der Waals surface area contributed by atoms with Crippen molar-refractivity contribution in [3.05, 3.63) is 65.2 Å². The first-order valence-electron chi connectivity index (χ1n) is 11.1. The molecule has 2 amide bonds. The third kappa shape index (κ3) is 3.74. The summed E-state index contributed by atoms with van der Waals surface area (Å²) in [7, 11) is 1.63. The topological polar surface area (TPSA) is 70.1 Å². The second-order valence-corrected chi connectivity index (χ2v) is 8.74. The number of carbonyl (C=O) groups excluding carboxylic acids is 2. The predicted octanol–water partition coefficient (Wildman–Crippen LogP) is 2.00. The van der Waals surface area contributed by atoms with E-state index >= 15 is 0 Å². The summed E-state index contributed by atoms with van der Waals surface area (Å²) in [6, 6.07) is 15.3. The van der Waals surface area contributed by atoms with Gasteiger partial charge in [-0.1, -0.05) is 30.0 Å². The molecule has 32 heavy (non-hydrogen) atoms. The molecule has 0 bridgehead atoms. The summed E-state index contributed by atoms with van der Waals surface area (Å²) in [6.45, 7) is 0.592. The Hall–Kier alpha value is -3.30. The van der Waals surface area contributed by atoms with Crippen LogP contribution in [-0.2, 0) is 9.59 Å². The minimum absolute atomic E-state index is 0.0131. The molecule has 0 unspecified atom stereocenters. The van der Waals surface area contributed by atoms with Gasteiger partial charge in [-0.2, -0.15) is 0 Å². The lowest BCUT2D eigenvalue weighted by atomic mass is 9.73. The molecule has 0 radical (unpaired) electrons. The van der Waals surface area contributed by atoms with Gasteiger partial charge < -0.3 is 19.6 Å². The van der Waals surface area contributed by atoms with Gasteiger partial charge in [0, 0.05) is 29.5 Å². The Kier molecular flexibility index (Phi) is 5.36. The highest BCUT2D eigenvalue weighted by Crippen LogP contribution is 2.43. The van der Waals surface area contributed by atoms with Gasteiger partial charge in [-0.05, 0) is 48.7 Å². The molecular weight excluding hydrogens is 404 g/mol. The summed E-state index contributed by atoms with van der Waals surface area (Å²) in [4.78, 5) is 28.7. The van der Waals surface area contributed by atoms with Gasteiger partial charge in [-0.3, -0.25) is 9.59 Å². The fourth-order valence-electron chi connectivity index (χ4n) is 4.89. The minimum Gasteiger partial charge on any atom is -0.497 e. The van der Waals surface area contributed by atoms with Crippen LogP contribution in [0.1, 0.15) is 35.4 Å². The molecular formula is C26H26N2O4. The maximum absolute atomic E-state index is 12.7. The second kappa shape index (κ2) is 8.33. The second-order valence-electron chi connectivity index (χ2n) is 8.74. The summed E-state index contributed by atoms with van der Waals surface area (Å²) in [5.74, 6) is 7.25. The monoisotopic (exact) mass is 430 g/mol. The molecule has 2 aromatic carbocycles. The van der Waals surface area contributed by atoms with Crippen LogP contribution in [-0.4, -0.2) is 65.6 Å². The van der Waals surface area contributed by atoms with Crippen molar-refractivity contribution in [2.75, 3.05) is 26.8 Å². The molecule has 1 saturated carbocycles. The van der Waals surface area contributed by atoms with E-state index in [0.29, 0.717) is 6.54 Å². The molecule has 6 nitrogen and oxygen atoms in total. The van der Waals surface area contributed by atoms with Gasteiger partial charge in [-0.15, -0.1) is 0 Å². The quantitative estimate of drug-likeness (QED) is 0.754. The van der Waals surface area contributed by atoms with Crippen LogP contribution in [0.3, 0.4) is 0 Å². The first kappa shape index (κ1) is 20.6. The van der Waals surface area contributed by atoms with Crippen LogP contribution in [0.15, 0.2) is 48.5 Å². The zero-order valence-corrected chi connectivity index (χ0v) is 18.0. The van der Waals surface area contributed by atoms with E-state index in [1.807, 2.05) is 48.5 Å². The van der Waals surface area contributed by atoms with Gasteiger partial charge in [0.05, 0.1) is 32.3 Å². The van der Waals surface area contributed by atoms with E-state index in [4.69, 9.17) is 4.74 Å². The van der Waals surface area contributed by atoms with E-state index in [2.05, 4.69) is 11.8 Å². The number of aliphatic hydroxyl groups is 1. The van der Waals surface area contributed by atoms with Crippen LogP contribution < -0.4 is 4.74 Å². The molecule has 2 aliphatic heterocycles. The average Bonchev–Trinajstić information content (AvgIpc) is 3.65. The summed E-state index contributed by atoms with van der Waals surface area (Å²) in [6.07, 6.45) is 1.86. The number of fused-ring (bicyclic) bond motifs is 1. The summed E-state index contributed by atoms with van der Waals surface area (Å²) in [5, 5.41) is 9.95. The highest BCUT2D eigenvalue weighted by Gasteiger charge is 2.55. The van der Waals surface area contributed by atoms with Gasteiger partial charge in [0.1, 0.15) is 5.75 Å². The van der Waals surface area contributed by atoms with Crippen molar-refractivity contribution in [2.45, 2.75) is 30.8 Å². The smallest absolute Gasteiger partial charge is 0.242 e. The summed E-state index contributed by atoms with van der Waals surface area (Å²) < 4.78 is 5.24. The zero-order chi connectivity index (χ0) is 22.2. The lowest BCUT2D eigenvalue weighted by Gasteiger charge is -2.58. The zero-order valence-electron chi connectivity index (χ0n) is 18.0. The Morgan fingerprint density at radius 3 is 2.56 bits per heavy atom. The van der Waals surface area contributed by atoms with Crippen LogP contribution in [0.4, 0.5) is 0 Å². The molecule has 6 heteroatoms. The van der Waals surface area contributed by atoms with E-state index in [-0.39, 0.29) is 48.9 Å². The van der Waals surface area contributed by atoms with Crippen molar-refractivity contribution in [2.24, 2.45) is 5.92 Å². The number of amides is 2. The number of hydrogen-bond donors (Lipinski definition) is 1. The third-order valence-electron chi connectivity index (χ3n) is 6.71. The number of nitrogens with zero attached hydrogens (tertiary/aromatic N) is 2. The Labute approximate surface area is 187 Å². The van der Waals surface area contributed by atoms with Crippen molar-refractivity contribution in [1.82, 2.24) is 9.80 Å². The molecule has 2 aromatic rings. The number of hydrogen-bond acceptors (Lipinski definition) is 4. The summed E-state index contributed by atoms with van der Waals surface area (Å²) in [5.41, 5.74) is 2.83. The molecule has 3 aliphatic rings. The van der Waals surface area contributed by atoms with Gasteiger partial charge >= 0.3 is 0 Å². The first-order chi connectivity index (χ1) is 15.6. The standard InChI is InChI=1S/C26H26N2O4/c1-32-21-4-2-3-18(13-21)6-5-17-7-9-19(10-8-17)25-22-14-27(26(31)20-11-12-20)15-24(30)28(22)23(25)16-29/h2-4,7-10,13,20,22-23,25,29H,11-12,14-16H2,1H3/t22-,23-,25+/m0/s1. The molecule has 5 rings (SSSR count). The van der Waals surface area contributed by atoms with Crippen LogP contribution >= 0.6 is 0 Å². The molecule has 2 saturated heterocycles. The molecule has 2 heterocycles. The van der Waals surface area contributed by atoms with Gasteiger partial charge in [0.25, 0.3) is 0 Å². The first-order valence-corrected chi connectivity index (χ1v) is 11.1. The van der Waals surface area contributed by atoms with Crippen molar-refractivity contribution in [3.8, 4) is 17.6 Å². The molecule has 0 aromatic heterocycles. The van der Waals surface area contributed by atoms with Gasteiger partial charge in [-0.25, -0.2) is 0 Å². The van der Waals surface area contributed by atoms with E-state index in [1.165, 1.54) is 0 Å². The largest absolute Gasteiger partial charge is 0.497 e. The predicted molar refractivity (Wildman–Crippen MR) is 119 cm³/mol. The Morgan fingerprint density at radius 1 is 1.12 bits per heavy atom. The van der Waals surface area contributed by atoms with Crippen LogP contribution in [0.25, 0.3) is 0 Å². The fraction of sp³-hybridized carbons (Fsp3) is 0.385. The molecule has 3 fully saturated rings. The maximum atomic E-state index is 12.7. The summed E-state index contributed by atoms with van der Waals surface area (Å²) >= 11 is 0. The number of methoxy groups -OCH3 is 1. The van der Waals surface area contributed by atoms with E-state index in [1.54, 1.807) is 16.9 Å². The molecule has 1 N–H and O–H groups in total. The van der Waals surface area contributed by atoms with Crippen LogP contribution in [0.2, 0.25) is 0 Å². The highest BCUT2D eigenvalue weighted by molar-refractivity contribution is 5.89. The van der Waals surface area contributed by atoms with Gasteiger partial charge in [0.15, 0.2) is 0 Å².